The van der Waals surface area contributed by atoms with E-state index in [9.17, 15) is 18.4 Å². The molecule has 0 saturated heterocycles. The summed E-state index contributed by atoms with van der Waals surface area (Å²) in [4.78, 5) is 23.8. The van der Waals surface area contributed by atoms with Crippen molar-refractivity contribution in [1.29, 1.82) is 0 Å². The molecule has 0 radical (unpaired) electrons. The van der Waals surface area contributed by atoms with Gasteiger partial charge in [0.2, 0.25) is 0 Å². The zero-order chi connectivity index (χ0) is 18.4. The average Bonchev–Trinajstić information content (AvgIpc) is 2.56. The SMILES string of the molecule is Cc1ccc(C)c(NC(=O)COC(=O)c2ccc(OC(F)F)cc2)c1. The molecule has 132 valence electrons. The van der Waals surface area contributed by atoms with Gasteiger partial charge in [-0.3, -0.25) is 4.79 Å². The van der Waals surface area contributed by atoms with Crippen molar-refractivity contribution in [2.75, 3.05) is 11.9 Å². The minimum Gasteiger partial charge on any atom is -0.452 e. The van der Waals surface area contributed by atoms with Crippen LogP contribution in [0.15, 0.2) is 42.5 Å². The molecule has 0 aromatic heterocycles. The number of hydrogen-bond donors (Lipinski definition) is 1. The van der Waals surface area contributed by atoms with Crippen LogP contribution in [0, 0.1) is 13.8 Å². The second-order valence-electron chi connectivity index (χ2n) is 5.35. The van der Waals surface area contributed by atoms with Crippen LogP contribution in [0.4, 0.5) is 14.5 Å². The topological polar surface area (TPSA) is 64.6 Å². The van der Waals surface area contributed by atoms with E-state index in [-0.39, 0.29) is 11.3 Å². The first-order valence-electron chi connectivity index (χ1n) is 7.44. The van der Waals surface area contributed by atoms with Gasteiger partial charge in [-0.15, -0.1) is 0 Å². The summed E-state index contributed by atoms with van der Waals surface area (Å²) in [6.45, 7) is 0.355. The fourth-order valence-corrected chi connectivity index (χ4v) is 2.04. The highest BCUT2D eigenvalue weighted by Gasteiger charge is 2.12. The van der Waals surface area contributed by atoms with E-state index in [1.54, 1.807) is 0 Å². The second kappa shape index (κ2) is 8.23. The Bertz CT molecular complexity index is 760. The molecule has 0 aliphatic rings. The first kappa shape index (κ1) is 18.4. The molecule has 0 unspecified atom stereocenters. The average molecular weight is 349 g/mol. The normalized spacial score (nSPS) is 10.4. The minimum atomic E-state index is -2.94. The van der Waals surface area contributed by atoms with Gasteiger partial charge >= 0.3 is 12.6 Å². The maximum absolute atomic E-state index is 12.1. The van der Waals surface area contributed by atoms with Gasteiger partial charge < -0.3 is 14.8 Å². The molecule has 0 fully saturated rings. The van der Waals surface area contributed by atoms with E-state index >= 15 is 0 Å². The smallest absolute Gasteiger partial charge is 0.387 e. The molecule has 0 heterocycles. The number of ether oxygens (including phenoxy) is 2. The molecule has 0 atom stereocenters. The number of carbonyl (C=O) groups excluding carboxylic acids is 2. The van der Waals surface area contributed by atoms with Gasteiger partial charge in [-0.25, -0.2) is 4.79 Å². The van der Waals surface area contributed by atoms with E-state index in [1.807, 2.05) is 32.0 Å². The molecule has 1 N–H and O–H groups in total. The van der Waals surface area contributed by atoms with Crippen molar-refractivity contribution in [1.82, 2.24) is 0 Å². The molecule has 2 aromatic carbocycles. The number of anilines is 1. The zero-order valence-electron chi connectivity index (χ0n) is 13.7. The molecule has 1 amide bonds. The minimum absolute atomic E-state index is 0.0702. The summed E-state index contributed by atoms with van der Waals surface area (Å²) in [6.07, 6.45) is 0. The Kier molecular flexibility index (Phi) is 6.05. The Morgan fingerprint density at radius 2 is 1.76 bits per heavy atom. The molecule has 0 saturated carbocycles. The van der Waals surface area contributed by atoms with E-state index in [0.29, 0.717) is 5.69 Å². The summed E-state index contributed by atoms with van der Waals surface area (Å²) >= 11 is 0. The van der Waals surface area contributed by atoms with Crippen molar-refractivity contribution in [3.05, 3.63) is 59.2 Å². The third kappa shape index (κ3) is 5.56. The summed E-state index contributed by atoms with van der Waals surface area (Å²) < 4.78 is 33.2. The molecule has 2 rings (SSSR count). The van der Waals surface area contributed by atoms with Crippen LogP contribution in [0.5, 0.6) is 5.75 Å². The number of alkyl halides is 2. The number of benzene rings is 2. The molecule has 0 bridgehead atoms. The molecule has 0 aliphatic carbocycles. The molecule has 0 aliphatic heterocycles. The monoisotopic (exact) mass is 349 g/mol. The van der Waals surface area contributed by atoms with Gasteiger partial charge in [-0.2, -0.15) is 8.78 Å². The van der Waals surface area contributed by atoms with Crippen molar-refractivity contribution in [2.24, 2.45) is 0 Å². The standard InChI is InChI=1S/C18H17F2NO4/c1-11-3-4-12(2)15(9-11)21-16(22)10-24-17(23)13-5-7-14(8-6-13)25-18(19)20/h3-9,18H,10H2,1-2H3,(H,21,22). The maximum atomic E-state index is 12.1. The van der Waals surface area contributed by atoms with Crippen LogP contribution < -0.4 is 10.1 Å². The van der Waals surface area contributed by atoms with Crippen molar-refractivity contribution < 1.29 is 27.8 Å². The number of aryl methyl sites for hydroxylation is 2. The van der Waals surface area contributed by atoms with Gasteiger partial charge in [-0.1, -0.05) is 12.1 Å². The van der Waals surface area contributed by atoms with E-state index in [4.69, 9.17) is 4.74 Å². The maximum Gasteiger partial charge on any atom is 0.387 e. The van der Waals surface area contributed by atoms with Crippen molar-refractivity contribution in [3.8, 4) is 5.75 Å². The summed E-state index contributed by atoms with van der Waals surface area (Å²) in [5.41, 5.74) is 2.65. The van der Waals surface area contributed by atoms with Crippen LogP contribution in [0.1, 0.15) is 21.5 Å². The molecular weight excluding hydrogens is 332 g/mol. The molecule has 25 heavy (non-hydrogen) atoms. The van der Waals surface area contributed by atoms with E-state index in [0.717, 1.165) is 11.1 Å². The lowest BCUT2D eigenvalue weighted by atomic mass is 10.1. The van der Waals surface area contributed by atoms with E-state index in [1.165, 1.54) is 24.3 Å². The lowest BCUT2D eigenvalue weighted by Gasteiger charge is -2.10. The third-order valence-corrected chi connectivity index (χ3v) is 3.32. The van der Waals surface area contributed by atoms with Crippen molar-refractivity contribution >= 4 is 17.6 Å². The second-order valence-corrected chi connectivity index (χ2v) is 5.35. The molecule has 7 heteroatoms. The first-order valence-corrected chi connectivity index (χ1v) is 7.44. The third-order valence-electron chi connectivity index (χ3n) is 3.32. The van der Waals surface area contributed by atoms with Crippen LogP contribution in [0.3, 0.4) is 0 Å². The molecular formula is C18H17F2NO4. The van der Waals surface area contributed by atoms with E-state index in [2.05, 4.69) is 10.1 Å². The lowest BCUT2D eigenvalue weighted by Crippen LogP contribution is -2.21. The van der Waals surface area contributed by atoms with Gasteiger partial charge in [-0.05, 0) is 55.3 Å². The summed E-state index contributed by atoms with van der Waals surface area (Å²) in [5, 5.41) is 2.67. The highest BCUT2D eigenvalue weighted by Crippen LogP contribution is 2.17. The summed E-state index contributed by atoms with van der Waals surface area (Å²) in [6, 6.07) is 10.6. The van der Waals surface area contributed by atoms with Crippen molar-refractivity contribution in [2.45, 2.75) is 20.5 Å². The van der Waals surface area contributed by atoms with Crippen LogP contribution in [-0.4, -0.2) is 25.1 Å². The van der Waals surface area contributed by atoms with Gasteiger partial charge in [0, 0.05) is 5.69 Å². The Morgan fingerprint density at radius 3 is 2.40 bits per heavy atom. The van der Waals surface area contributed by atoms with Gasteiger partial charge in [0.15, 0.2) is 6.61 Å². The fraction of sp³-hybridized carbons (Fsp3) is 0.222. The number of hydrogen-bond acceptors (Lipinski definition) is 4. The molecule has 2 aromatic rings. The number of carbonyl (C=O) groups is 2. The molecule has 5 nitrogen and oxygen atoms in total. The van der Waals surface area contributed by atoms with Gasteiger partial charge in [0.25, 0.3) is 5.91 Å². The number of nitrogens with one attached hydrogen (secondary N) is 1. The fourth-order valence-electron chi connectivity index (χ4n) is 2.04. The van der Waals surface area contributed by atoms with Crippen LogP contribution in [0.25, 0.3) is 0 Å². The number of halogens is 2. The largest absolute Gasteiger partial charge is 0.452 e. The van der Waals surface area contributed by atoms with Crippen molar-refractivity contribution in [3.63, 3.8) is 0 Å². The summed E-state index contributed by atoms with van der Waals surface area (Å²) in [7, 11) is 0. The van der Waals surface area contributed by atoms with Crippen LogP contribution >= 0.6 is 0 Å². The van der Waals surface area contributed by atoms with Gasteiger partial charge in [0.05, 0.1) is 5.56 Å². The Morgan fingerprint density at radius 1 is 1.08 bits per heavy atom. The van der Waals surface area contributed by atoms with Crippen LogP contribution in [-0.2, 0) is 9.53 Å². The Hall–Kier alpha value is -2.96. The quantitative estimate of drug-likeness (QED) is 0.808. The van der Waals surface area contributed by atoms with E-state index < -0.39 is 25.1 Å². The highest BCUT2D eigenvalue weighted by atomic mass is 19.3. The number of rotatable bonds is 6. The predicted molar refractivity (Wildman–Crippen MR) is 87.9 cm³/mol. The van der Waals surface area contributed by atoms with Crippen LogP contribution in [0.2, 0.25) is 0 Å². The Balaban J connectivity index is 1.88. The molecule has 0 spiro atoms. The number of esters is 1. The number of amides is 1. The Labute approximate surface area is 143 Å². The zero-order valence-corrected chi connectivity index (χ0v) is 13.7. The highest BCUT2D eigenvalue weighted by molar-refractivity contribution is 5.96. The van der Waals surface area contributed by atoms with Gasteiger partial charge in [0.1, 0.15) is 5.75 Å². The predicted octanol–water partition coefficient (Wildman–Crippen LogP) is 3.70. The lowest BCUT2D eigenvalue weighted by molar-refractivity contribution is -0.119. The summed E-state index contributed by atoms with van der Waals surface area (Å²) in [5.74, 6) is -1.28. The first-order chi connectivity index (χ1) is 11.8.